The number of amides is 1. The molecule has 2 aromatic carbocycles. The molecule has 0 aromatic heterocycles. The number of hydrogen-bond acceptors (Lipinski definition) is 6. The molecule has 5 rings (SSSR count). The SMILES string of the molecule is CCOC(=O)C1=C(N)N(c2ccccc2Br)C2=C(C(=O)CCC2)C12C(=O)Nc1ccc(Br)cc12. The molecule has 9 heteroatoms. The van der Waals surface area contributed by atoms with Gasteiger partial charge in [-0.3, -0.25) is 14.5 Å². The third-order valence-electron chi connectivity index (χ3n) is 6.45. The van der Waals surface area contributed by atoms with E-state index in [2.05, 4.69) is 37.2 Å². The average molecular weight is 587 g/mol. The largest absolute Gasteiger partial charge is 0.462 e. The molecule has 1 aliphatic carbocycles. The van der Waals surface area contributed by atoms with Crippen LogP contribution in [0.25, 0.3) is 0 Å². The molecular weight excluding hydrogens is 566 g/mol. The Bertz CT molecular complexity index is 1330. The first-order valence-corrected chi connectivity index (χ1v) is 12.5. The van der Waals surface area contributed by atoms with E-state index in [0.717, 1.165) is 4.47 Å². The van der Waals surface area contributed by atoms with E-state index in [1.165, 1.54) is 0 Å². The Hall–Kier alpha value is -2.91. The lowest BCUT2D eigenvalue weighted by atomic mass is 9.63. The zero-order chi connectivity index (χ0) is 24.2. The number of ether oxygens (including phenoxy) is 1. The number of anilines is 2. The van der Waals surface area contributed by atoms with Gasteiger partial charge in [0, 0.05) is 37.9 Å². The molecule has 0 bridgehead atoms. The molecule has 2 aliphatic heterocycles. The first kappa shape index (κ1) is 22.9. The van der Waals surface area contributed by atoms with Crippen LogP contribution in [0.3, 0.4) is 0 Å². The number of benzene rings is 2. The summed E-state index contributed by atoms with van der Waals surface area (Å²) in [6.45, 7) is 1.78. The molecule has 7 nitrogen and oxygen atoms in total. The second kappa shape index (κ2) is 8.39. The molecule has 1 spiro atoms. The molecule has 1 unspecified atom stereocenters. The lowest BCUT2D eigenvalue weighted by Crippen LogP contribution is -2.53. The fourth-order valence-electron chi connectivity index (χ4n) is 5.19. The van der Waals surface area contributed by atoms with Crippen molar-refractivity contribution >= 4 is 60.9 Å². The van der Waals surface area contributed by atoms with Gasteiger partial charge in [0.2, 0.25) is 5.91 Å². The van der Waals surface area contributed by atoms with Gasteiger partial charge in [0.25, 0.3) is 0 Å². The normalized spacial score (nSPS) is 21.6. The van der Waals surface area contributed by atoms with Crippen LogP contribution in [0.1, 0.15) is 31.7 Å². The van der Waals surface area contributed by atoms with Crippen molar-refractivity contribution in [2.75, 3.05) is 16.8 Å². The molecule has 0 radical (unpaired) electrons. The number of fused-ring (bicyclic) bond motifs is 3. The number of halogens is 2. The highest BCUT2D eigenvalue weighted by Crippen LogP contribution is 2.56. The topological polar surface area (TPSA) is 102 Å². The average Bonchev–Trinajstić information content (AvgIpc) is 3.07. The van der Waals surface area contributed by atoms with E-state index in [-0.39, 0.29) is 35.8 Å². The molecule has 34 heavy (non-hydrogen) atoms. The molecular formula is C25H21Br2N3O4. The van der Waals surface area contributed by atoms with Crippen molar-refractivity contribution in [1.82, 2.24) is 0 Å². The molecule has 3 aliphatic rings. The van der Waals surface area contributed by atoms with Gasteiger partial charge in [-0.15, -0.1) is 0 Å². The lowest BCUT2D eigenvalue weighted by molar-refractivity contribution is -0.140. The summed E-state index contributed by atoms with van der Waals surface area (Å²) in [6, 6.07) is 12.7. The molecule has 0 fully saturated rings. The summed E-state index contributed by atoms with van der Waals surface area (Å²) in [5.74, 6) is -1.33. The second-order valence-corrected chi connectivity index (χ2v) is 10.0. The van der Waals surface area contributed by atoms with Crippen molar-refractivity contribution in [3.8, 4) is 0 Å². The summed E-state index contributed by atoms with van der Waals surface area (Å²) in [4.78, 5) is 42.7. The highest BCUT2D eigenvalue weighted by molar-refractivity contribution is 9.10. The number of carbonyl (C=O) groups excluding carboxylic acids is 3. The highest BCUT2D eigenvalue weighted by Gasteiger charge is 2.62. The van der Waals surface area contributed by atoms with Gasteiger partial charge in [0.05, 0.1) is 12.3 Å². The van der Waals surface area contributed by atoms with Crippen molar-refractivity contribution in [2.45, 2.75) is 31.6 Å². The standard InChI is InChI=1S/C25H21Br2N3O4/c1-2-34-23(32)21-22(28)30(17-7-4-3-6-15(17)27)18-8-5-9-19(31)20(18)25(21)14-12-13(26)10-11-16(14)29-24(25)33/h3-4,6-7,10-12H,2,5,8-9,28H2,1H3,(H,29,33). The number of rotatable bonds is 3. The summed E-state index contributed by atoms with van der Waals surface area (Å²) in [6.07, 6.45) is 1.41. The fourth-order valence-corrected chi connectivity index (χ4v) is 6.01. The molecule has 2 heterocycles. The summed E-state index contributed by atoms with van der Waals surface area (Å²) in [5, 5.41) is 2.88. The molecule has 2 aromatic rings. The Morgan fingerprint density at radius 3 is 2.68 bits per heavy atom. The van der Waals surface area contributed by atoms with Crippen LogP contribution in [0, 0.1) is 0 Å². The molecule has 174 valence electrons. The number of nitrogens with two attached hydrogens (primary N) is 1. The van der Waals surface area contributed by atoms with Crippen LogP contribution in [-0.2, 0) is 24.5 Å². The molecule has 1 atom stereocenters. The van der Waals surface area contributed by atoms with Crippen molar-refractivity contribution in [3.63, 3.8) is 0 Å². The molecule has 3 N–H and O–H groups in total. The van der Waals surface area contributed by atoms with Crippen LogP contribution in [0.4, 0.5) is 11.4 Å². The molecule has 1 amide bonds. The Labute approximate surface area is 213 Å². The number of ketones is 1. The van der Waals surface area contributed by atoms with E-state index in [0.29, 0.717) is 39.9 Å². The van der Waals surface area contributed by atoms with E-state index in [1.54, 1.807) is 30.0 Å². The van der Waals surface area contributed by atoms with Crippen LogP contribution in [0.15, 0.2) is 74.1 Å². The van der Waals surface area contributed by atoms with Crippen LogP contribution >= 0.6 is 31.9 Å². The zero-order valence-electron chi connectivity index (χ0n) is 18.3. The maximum Gasteiger partial charge on any atom is 0.339 e. The number of carbonyl (C=O) groups is 3. The minimum Gasteiger partial charge on any atom is -0.462 e. The van der Waals surface area contributed by atoms with Gasteiger partial charge in [0.15, 0.2) is 5.78 Å². The van der Waals surface area contributed by atoms with E-state index in [1.807, 2.05) is 24.3 Å². The van der Waals surface area contributed by atoms with Crippen molar-refractivity contribution in [3.05, 3.63) is 79.6 Å². The van der Waals surface area contributed by atoms with Gasteiger partial charge < -0.3 is 15.8 Å². The highest BCUT2D eigenvalue weighted by atomic mass is 79.9. The number of nitrogens with one attached hydrogen (secondary N) is 1. The van der Waals surface area contributed by atoms with Gasteiger partial charge in [0.1, 0.15) is 16.8 Å². The predicted molar refractivity (Wildman–Crippen MR) is 135 cm³/mol. The maximum atomic E-state index is 13.9. The molecule has 0 saturated heterocycles. The maximum absolute atomic E-state index is 13.9. The van der Waals surface area contributed by atoms with Crippen LogP contribution in [0.5, 0.6) is 0 Å². The fraction of sp³-hybridized carbons (Fsp3) is 0.240. The third kappa shape index (κ3) is 3.10. The summed E-state index contributed by atoms with van der Waals surface area (Å²) >= 11 is 7.05. The first-order valence-electron chi connectivity index (χ1n) is 10.9. The van der Waals surface area contributed by atoms with E-state index in [4.69, 9.17) is 10.5 Å². The number of para-hydroxylation sites is 1. The van der Waals surface area contributed by atoms with Crippen molar-refractivity contribution < 1.29 is 19.1 Å². The summed E-state index contributed by atoms with van der Waals surface area (Å²) < 4.78 is 6.87. The van der Waals surface area contributed by atoms with Crippen LogP contribution < -0.4 is 16.0 Å². The first-order chi connectivity index (χ1) is 16.3. The van der Waals surface area contributed by atoms with Gasteiger partial charge in [-0.05, 0) is 66.0 Å². The minimum absolute atomic E-state index is 0.0477. The van der Waals surface area contributed by atoms with Crippen molar-refractivity contribution in [2.24, 2.45) is 5.73 Å². The Morgan fingerprint density at radius 2 is 1.94 bits per heavy atom. The lowest BCUT2D eigenvalue weighted by Gasteiger charge is -2.44. The Balaban J connectivity index is 1.92. The Morgan fingerprint density at radius 1 is 1.18 bits per heavy atom. The number of nitrogens with zero attached hydrogens (tertiary/aromatic N) is 1. The summed E-state index contributed by atoms with van der Waals surface area (Å²) in [7, 11) is 0. The van der Waals surface area contributed by atoms with Gasteiger partial charge >= 0.3 is 5.97 Å². The quantitative estimate of drug-likeness (QED) is 0.507. The van der Waals surface area contributed by atoms with Crippen LogP contribution in [-0.4, -0.2) is 24.3 Å². The van der Waals surface area contributed by atoms with Gasteiger partial charge in [-0.2, -0.15) is 0 Å². The van der Waals surface area contributed by atoms with E-state index >= 15 is 0 Å². The predicted octanol–water partition coefficient (Wildman–Crippen LogP) is 4.66. The number of allylic oxidation sites excluding steroid dienone is 1. The van der Waals surface area contributed by atoms with Crippen molar-refractivity contribution in [1.29, 1.82) is 0 Å². The Kier molecular flexibility index (Phi) is 5.64. The van der Waals surface area contributed by atoms with Crippen LogP contribution in [0.2, 0.25) is 0 Å². The number of Topliss-reactive ketones (excluding diaryl/α,β-unsaturated/α-hetero) is 1. The smallest absolute Gasteiger partial charge is 0.339 e. The number of esters is 1. The monoisotopic (exact) mass is 585 g/mol. The minimum atomic E-state index is -1.69. The molecule has 0 saturated carbocycles. The van der Waals surface area contributed by atoms with Gasteiger partial charge in [-0.1, -0.05) is 28.1 Å². The van der Waals surface area contributed by atoms with E-state index < -0.39 is 17.3 Å². The summed E-state index contributed by atoms with van der Waals surface area (Å²) in [5.41, 5.74) is 7.63. The third-order valence-corrected chi connectivity index (χ3v) is 7.61. The number of hydrogen-bond donors (Lipinski definition) is 2. The zero-order valence-corrected chi connectivity index (χ0v) is 21.5. The van der Waals surface area contributed by atoms with Gasteiger partial charge in [-0.25, -0.2) is 4.79 Å². The van der Waals surface area contributed by atoms with E-state index in [9.17, 15) is 14.4 Å². The second-order valence-electron chi connectivity index (χ2n) is 8.26.